The average molecular weight is 372 g/mol. The summed E-state index contributed by atoms with van der Waals surface area (Å²) in [5.41, 5.74) is 2.06. The molecule has 0 radical (unpaired) electrons. The first kappa shape index (κ1) is 13.2. The Hall–Kier alpha value is -1.28. The lowest BCUT2D eigenvalue weighted by molar-refractivity contribution is -0.380. The minimum atomic E-state index is -0.392. The van der Waals surface area contributed by atoms with Gasteiger partial charge in [0.2, 0.25) is 0 Å². The second-order valence-corrected chi connectivity index (χ2v) is 5.88. The van der Waals surface area contributed by atoms with E-state index in [-0.39, 0.29) is 5.00 Å². The van der Waals surface area contributed by atoms with Crippen LogP contribution in [0.1, 0.15) is 10.4 Å². The van der Waals surface area contributed by atoms with Crippen molar-refractivity contribution in [3.8, 4) is 0 Å². The third-order valence-electron chi connectivity index (χ3n) is 2.29. The first-order chi connectivity index (χ1) is 8.56. The van der Waals surface area contributed by atoms with Crippen molar-refractivity contribution in [1.29, 1.82) is 0 Å². The number of hydrogen-bond donors (Lipinski definition) is 0. The minimum absolute atomic E-state index is 0.134. The van der Waals surface area contributed by atoms with Gasteiger partial charge >= 0.3 is 5.00 Å². The van der Waals surface area contributed by atoms with Crippen molar-refractivity contribution in [3.63, 3.8) is 0 Å². The molecule has 0 aliphatic heterocycles. The molecule has 0 amide bonds. The number of halogens is 1. The lowest BCUT2D eigenvalue weighted by Crippen LogP contribution is -1.80. The van der Waals surface area contributed by atoms with E-state index in [2.05, 4.69) is 27.6 Å². The van der Waals surface area contributed by atoms with Gasteiger partial charge in [0.1, 0.15) is 0 Å². The number of benzene rings is 1. The monoisotopic (exact) mass is 372 g/mol. The number of rotatable bonds is 3. The maximum atomic E-state index is 10.5. The number of hydrogen-bond acceptors (Lipinski definition) is 4. The Labute approximate surface area is 122 Å². The molecule has 0 fully saturated rings. The smallest absolute Gasteiger partial charge is 0.258 e. The summed E-state index contributed by atoms with van der Waals surface area (Å²) in [4.78, 5) is 15.2. The zero-order valence-corrected chi connectivity index (χ0v) is 12.4. The molecule has 1 heterocycles. The van der Waals surface area contributed by atoms with Crippen LogP contribution < -0.4 is 0 Å². The molecule has 4 nitrogen and oxygen atoms in total. The number of aryl methyl sites for hydroxylation is 1. The van der Waals surface area contributed by atoms with Gasteiger partial charge in [0.25, 0.3) is 0 Å². The van der Waals surface area contributed by atoms with Gasteiger partial charge in [-0.15, -0.1) is 0 Å². The Morgan fingerprint density at radius 2 is 2.17 bits per heavy atom. The molecule has 1 aromatic heterocycles. The zero-order chi connectivity index (χ0) is 13.1. The van der Waals surface area contributed by atoms with Crippen LogP contribution in [0.3, 0.4) is 0 Å². The zero-order valence-electron chi connectivity index (χ0n) is 9.46. The molecule has 18 heavy (non-hydrogen) atoms. The summed E-state index contributed by atoms with van der Waals surface area (Å²) in [7, 11) is 0. The van der Waals surface area contributed by atoms with Crippen molar-refractivity contribution >= 4 is 50.8 Å². The molecule has 0 aliphatic carbocycles. The fourth-order valence-corrected chi connectivity index (χ4v) is 2.50. The molecule has 0 saturated heterocycles. The Morgan fingerprint density at radius 1 is 1.39 bits per heavy atom. The van der Waals surface area contributed by atoms with Crippen LogP contribution in [0, 0.1) is 20.6 Å². The predicted molar refractivity (Wildman–Crippen MR) is 82.1 cm³/mol. The van der Waals surface area contributed by atoms with Crippen molar-refractivity contribution < 1.29 is 4.92 Å². The van der Waals surface area contributed by atoms with Gasteiger partial charge in [0, 0.05) is 15.9 Å². The van der Waals surface area contributed by atoms with Gasteiger partial charge in [0.15, 0.2) is 0 Å². The molecule has 92 valence electrons. The summed E-state index contributed by atoms with van der Waals surface area (Å²) in [5, 5.41) is 10.7. The largest absolute Gasteiger partial charge is 0.324 e. The summed E-state index contributed by atoms with van der Waals surface area (Å²) in [6.07, 6.45) is 1.65. The fraction of sp³-hybridized carbons (Fsp3) is 0.0833. The highest BCUT2D eigenvalue weighted by Crippen LogP contribution is 2.24. The molecular formula is C12H9IN2O2S. The van der Waals surface area contributed by atoms with E-state index in [0.717, 1.165) is 25.5 Å². The van der Waals surface area contributed by atoms with E-state index in [0.29, 0.717) is 0 Å². The van der Waals surface area contributed by atoms with Crippen LogP contribution in [0.4, 0.5) is 10.7 Å². The van der Waals surface area contributed by atoms with E-state index in [4.69, 9.17) is 0 Å². The van der Waals surface area contributed by atoms with E-state index < -0.39 is 4.92 Å². The minimum Gasteiger partial charge on any atom is -0.258 e. The van der Waals surface area contributed by atoms with Crippen molar-refractivity contribution in [2.24, 2.45) is 4.99 Å². The van der Waals surface area contributed by atoms with Gasteiger partial charge in [-0.05, 0) is 53.3 Å². The Bertz CT molecular complexity index is 622. The first-order valence-electron chi connectivity index (χ1n) is 5.11. The van der Waals surface area contributed by atoms with Gasteiger partial charge in [-0.2, -0.15) is 0 Å². The van der Waals surface area contributed by atoms with Crippen molar-refractivity contribution in [1.82, 2.24) is 0 Å². The second-order valence-electron chi connectivity index (χ2n) is 3.62. The Balaban J connectivity index is 2.19. The van der Waals surface area contributed by atoms with Gasteiger partial charge in [0.05, 0.1) is 15.5 Å². The molecule has 0 spiro atoms. The van der Waals surface area contributed by atoms with Crippen LogP contribution in [0.25, 0.3) is 0 Å². The number of nitro groups is 1. The van der Waals surface area contributed by atoms with E-state index in [1.807, 2.05) is 25.1 Å². The van der Waals surface area contributed by atoms with E-state index in [9.17, 15) is 10.1 Å². The van der Waals surface area contributed by atoms with Crippen LogP contribution >= 0.6 is 33.9 Å². The van der Waals surface area contributed by atoms with E-state index in [1.54, 1.807) is 12.3 Å². The molecule has 0 saturated carbocycles. The summed E-state index contributed by atoms with van der Waals surface area (Å²) in [6.45, 7) is 2.04. The lowest BCUT2D eigenvalue weighted by atomic mass is 10.2. The predicted octanol–water partition coefficient (Wildman–Crippen LogP) is 4.32. The SMILES string of the molecule is Cc1ccc(N=Cc2ccc([N+](=O)[O-])s2)cc1I. The third-order valence-corrected chi connectivity index (χ3v) is 4.42. The van der Waals surface area contributed by atoms with Gasteiger partial charge in [-0.1, -0.05) is 17.4 Å². The highest BCUT2D eigenvalue weighted by atomic mass is 127. The number of thiophene rings is 1. The van der Waals surface area contributed by atoms with Crippen LogP contribution in [0.15, 0.2) is 35.3 Å². The highest BCUT2D eigenvalue weighted by Gasteiger charge is 2.07. The first-order valence-corrected chi connectivity index (χ1v) is 7.00. The molecule has 2 rings (SSSR count). The van der Waals surface area contributed by atoms with Gasteiger partial charge in [-0.3, -0.25) is 15.1 Å². The quantitative estimate of drug-likeness (QED) is 0.349. The maximum absolute atomic E-state index is 10.5. The molecule has 0 aliphatic rings. The van der Waals surface area contributed by atoms with Crippen LogP contribution in [-0.4, -0.2) is 11.1 Å². The Kier molecular flexibility index (Phi) is 4.07. The van der Waals surface area contributed by atoms with Crippen LogP contribution in [-0.2, 0) is 0 Å². The molecule has 0 N–H and O–H groups in total. The summed E-state index contributed by atoms with van der Waals surface area (Å²) in [5.74, 6) is 0. The standard InChI is InChI=1S/C12H9IN2O2S/c1-8-2-3-9(6-11(8)13)14-7-10-4-5-12(18-10)15(16)17/h2-7H,1H3. The van der Waals surface area contributed by atoms with Crippen molar-refractivity contribution in [2.45, 2.75) is 6.92 Å². The topological polar surface area (TPSA) is 55.5 Å². The van der Waals surface area contributed by atoms with Crippen LogP contribution in [0.5, 0.6) is 0 Å². The van der Waals surface area contributed by atoms with E-state index >= 15 is 0 Å². The molecule has 1 aromatic carbocycles. The molecule has 2 aromatic rings. The summed E-state index contributed by atoms with van der Waals surface area (Å²) >= 11 is 3.37. The van der Waals surface area contributed by atoms with E-state index in [1.165, 1.54) is 11.6 Å². The van der Waals surface area contributed by atoms with Crippen molar-refractivity contribution in [2.75, 3.05) is 0 Å². The summed E-state index contributed by atoms with van der Waals surface area (Å²) < 4.78 is 1.15. The second kappa shape index (κ2) is 5.57. The average Bonchev–Trinajstić information content (AvgIpc) is 2.79. The maximum Gasteiger partial charge on any atom is 0.324 e. The lowest BCUT2D eigenvalue weighted by Gasteiger charge is -1.98. The fourth-order valence-electron chi connectivity index (χ4n) is 1.31. The van der Waals surface area contributed by atoms with Crippen molar-refractivity contribution in [3.05, 3.63) is 54.5 Å². The highest BCUT2D eigenvalue weighted by molar-refractivity contribution is 14.1. The normalized spacial score (nSPS) is 11.0. The van der Waals surface area contributed by atoms with Gasteiger partial charge < -0.3 is 0 Å². The van der Waals surface area contributed by atoms with Gasteiger partial charge in [-0.25, -0.2) is 0 Å². The van der Waals surface area contributed by atoms with Crippen LogP contribution in [0.2, 0.25) is 0 Å². The molecule has 0 unspecified atom stereocenters. The molecule has 6 heteroatoms. The number of aliphatic imine (C=N–C) groups is 1. The summed E-state index contributed by atoms with van der Waals surface area (Å²) in [6, 6.07) is 9.10. The number of nitrogens with zero attached hydrogens (tertiary/aromatic N) is 2. The molecular weight excluding hydrogens is 363 g/mol. The molecule has 0 atom stereocenters. The third kappa shape index (κ3) is 3.14. The molecule has 0 bridgehead atoms. The Morgan fingerprint density at radius 3 is 2.78 bits per heavy atom.